The number of benzene rings is 1. The Morgan fingerprint density at radius 3 is 2.87 bits per heavy atom. The monoisotopic (exact) mass is 207 g/mol. The zero-order valence-electron chi connectivity index (χ0n) is 12.1. The number of aromatic nitrogens is 2. The molecule has 0 fully saturated rings. The molecule has 0 spiro atoms. The van der Waals surface area contributed by atoms with Crippen LogP contribution < -0.4 is 4.74 Å². The van der Waals surface area contributed by atoms with Gasteiger partial charge >= 0.3 is 0 Å². The molecule has 0 saturated heterocycles. The Kier molecular flexibility index (Phi) is 1.64. The first kappa shape index (κ1) is 6.88. The molecule has 0 saturated carbocycles. The average Bonchev–Trinajstić information content (AvgIpc) is 2.71. The molecule has 3 heteroatoms. The summed E-state index contributed by atoms with van der Waals surface area (Å²) in [4.78, 5) is 0. The summed E-state index contributed by atoms with van der Waals surface area (Å²) in [6.07, 6.45) is 1.60. The van der Waals surface area contributed by atoms with Gasteiger partial charge in [-0.1, -0.05) is 19.9 Å². The Balaban J connectivity index is 2.82. The molecule has 1 aromatic carbocycles. The highest BCUT2D eigenvalue weighted by atomic mass is 16.5. The Hall–Kier alpha value is -1.51. The third-order valence-electron chi connectivity index (χ3n) is 2.57. The minimum atomic E-state index is -2.30. The van der Waals surface area contributed by atoms with Crippen molar-refractivity contribution in [2.24, 2.45) is 6.98 Å². The van der Waals surface area contributed by atoms with Gasteiger partial charge in [0.1, 0.15) is 11.3 Å². The topological polar surface area (TPSA) is 27.1 Å². The fourth-order valence-corrected chi connectivity index (χ4v) is 1.80. The van der Waals surface area contributed by atoms with E-state index < -0.39 is 6.98 Å². The smallest absolute Gasteiger partial charge is 0.144 e. The van der Waals surface area contributed by atoms with E-state index in [1.807, 2.05) is 6.07 Å². The van der Waals surface area contributed by atoms with Gasteiger partial charge in [-0.25, -0.2) is 0 Å². The molecular formula is C12H16N2O. The molecule has 0 amide bonds. The molecule has 0 N–H and O–H groups in total. The van der Waals surface area contributed by atoms with E-state index in [0.717, 1.165) is 15.6 Å². The molecule has 0 aliphatic heterocycles. The molecule has 0 aliphatic carbocycles. The SMILES string of the molecule is [2H]C([2H])([2H])n1ncc2c(C(C)C)ccc(OC)c21. The highest BCUT2D eigenvalue weighted by molar-refractivity contribution is 5.88. The van der Waals surface area contributed by atoms with Crippen molar-refractivity contribution in [1.29, 1.82) is 0 Å². The summed E-state index contributed by atoms with van der Waals surface area (Å²) in [6, 6.07) is 3.75. The Bertz CT molecular complexity index is 572. The quantitative estimate of drug-likeness (QED) is 0.757. The van der Waals surface area contributed by atoms with Crippen molar-refractivity contribution in [3.8, 4) is 5.75 Å². The minimum Gasteiger partial charge on any atom is -0.494 e. The predicted molar refractivity (Wildman–Crippen MR) is 61.4 cm³/mol. The third-order valence-corrected chi connectivity index (χ3v) is 2.57. The highest BCUT2D eigenvalue weighted by Crippen LogP contribution is 2.31. The lowest BCUT2D eigenvalue weighted by atomic mass is 9.99. The number of rotatable bonds is 2. The fourth-order valence-electron chi connectivity index (χ4n) is 1.80. The number of nitrogens with zero attached hydrogens (tertiary/aromatic N) is 2. The summed E-state index contributed by atoms with van der Waals surface area (Å²) in [6.45, 7) is 1.83. The van der Waals surface area contributed by atoms with E-state index in [9.17, 15) is 0 Å². The number of hydrogen-bond acceptors (Lipinski definition) is 2. The van der Waals surface area contributed by atoms with Gasteiger partial charge in [0.2, 0.25) is 0 Å². The third kappa shape index (κ3) is 1.48. The van der Waals surface area contributed by atoms with Gasteiger partial charge in [-0.05, 0) is 17.5 Å². The Labute approximate surface area is 93.9 Å². The van der Waals surface area contributed by atoms with Crippen LogP contribution >= 0.6 is 0 Å². The molecule has 0 aliphatic rings. The fraction of sp³-hybridized carbons (Fsp3) is 0.417. The minimum absolute atomic E-state index is 0.299. The van der Waals surface area contributed by atoms with Crippen molar-refractivity contribution in [3.05, 3.63) is 23.9 Å². The molecular weight excluding hydrogens is 188 g/mol. The predicted octanol–water partition coefficient (Wildman–Crippen LogP) is 2.71. The summed E-state index contributed by atoms with van der Waals surface area (Å²) < 4.78 is 28.8. The lowest BCUT2D eigenvalue weighted by Crippen LogP contribution is -1.95. The van der Waals surface area contributed by atoms with E-state index in [1.165, 1.54) is 7.11 Å². The lowest BCUT2D eigenvalue weighted by molar-refractivity contribution is 0.417. The summed E-state index contributed by atoms with van der Waals surface area (Å²) in [5.41, 5.74) is 1.60. The van der Waals surface area contributed by atoms with E-state index in [-0.39, 0.29) is 0 Å². The second kappa shape index (κ2) is 3.57. The molecule has 1 heterocycles. The van der Waals surface area contributed by atoms with Gasteiger partial charge in [0, 0.05) is 16.5 Å². The molecule has 0 unspecified atom stereocenters. The molecule has 3 nitrogen and oxygen atoms in total. The van der Waals surface area contributed by atoms with Gasteiger partial charge in [0.25, 0.3) is 0 Å². The molecule has 1 aromatic heterocycles. The van der Waals surface area contributed by atoms with Crippen LogP contribution in [-0.2, 0) is 6.98 Å². The summed E-state index contributed by atoms with van der Waals surface area (Å²) in [5.74, 6) is 0.829. The molecule has 0 atom stereocenters. The van der Waals surface area contributed by atoms with Crippen LogP contribution in [0.1, 0.15) is 29.4 Å². The van der Waals surface area contributed by atoms with Crippen molar-refractivity contribution in [2.45, 2.75) is 19.8 Å². The Morgan fingerprint density at radius 2 is 2.27 bits per heavy atom. The highest BCUT2D eigenvalue weighted by Gasteiger charge is 2.12. The molecule has 0 bridgehead atoms. The number of fused-ring (bicyclic) bond motifs is 1. The van der Waals surface area contributed by atoms with Gasteiger partial charge < -0.3 is 4.74 Å². The van der Waals surface area contributed by atoms with E-state index in [2.05, 4.69) is 18.9 Å². The molecule has 15 heavy (non-hydrogen) atoms. The van der Waals surface area contributed by atoms with E-state index >= 15 is 0 Å². The summed E-state index contributed by atoms with van der Waals surface area (Å²) in [5, 5.41) is 4.83. The van der Waals surface area contributed by atoms with Gasteiger partial charge in [0.15, 0.2) is 0 Å². The number of methoxy groups -OCH3 is 1. The zero-order chi connectivity index (χ0) is 13.5. The number of aryl methyl sites for hydroxylation is 1. The van der Waals surface area contributed by atoms with Crippen LogP contribution in [0.15, 0.2) is 18.3 Å². The van der Waals surface area contributed by atoms with Crippen molar-refractivity contribution >= 4 is 10.9 Å². The lowest BCUT2D eigenvalue weighted by Gasteiger charge is -2.10. The van der Waals surface area contributed by atoms with Crippen LogP contribution in [0.5, 0.6) is 5.75 Å². The largest absolute Gasteiger partial charge is 0.494 e. The maximum absolute atomic E-state index is 7.50. The van der Waals surface area contributed by atoms with E-state index in [1.54, 1.807) is 12.3 Å². The van der Waals surface area contributed by atoms with Gasteiger partial charge in [0.05, 0.1) is 13.3 Å². The van der Waals surface area contributed by atoms with Crippen LogP contribution in [0.2, 0.25) is 0 Å². The molecule has 2 aromatic rings. The molecule has 80 valence electrons. The first-order chi connectivity index (χ1) is 8.36. The van der Waals surface area contributed by atoms with E-state index in [0.29, 0.717) is 17.2 Å². The second-order valence-electron chi connectivity index (χ2n) is 3.83. The van der Waals surface area contributed by atoms with Crippen LogP contribution in [-0.4, -0.2) is 16.9 Å². The Morgan fingerprint density at radius 1 is 1.47 bits per heavy atom. The van der Waals surface area contributed by atoms with Crippen LogP contribution in [0, 0.1) is 0 Å². The maximum atomic E-state index is 7.50. The van der Waals surface area contributed by atoms with Crippen LogP contribution in [0.3, 0.4) is 0 Å². The first-order valence-electron chi connectivity index (χ1n) is 6.41. The van der Waals surface area contributed by atoms with Gasteiger partial charge in [-0.3, -0.25) is 4.68 Å². The van der Waals surface area contributed by atoms with Gasteiger partial charge in [-0.15, -0.1) is 0 Å². The first-order valence-corrected chi connectivity index (χ1v) is 4.91. The van der Waals surface area contributed by atoms with Crippen molar-refractivity contribution < 1.29 is 8.85 Å². The molecule has 0 radical (unpaired) electrons. The van der Waals surface area contributed by atoms with Crippen molar-refractivity contribution in [2.75, 3.05) is 7.11 Å². The summed E-state index contributed by atoms with van der Waals surface area (Å²) in [7, 11) is 1.53. The standard InChI is InChI=1S/C12H16N2O/c1-8(2)9-5-6-11(15-4)12-10(9)7-13-14(12)3/h5-8H,1-4H3/i3D3. The number of hydrogen-bond donors (Lipinski definition) is 0. The molecule has 2 rings (SSSR count). The van der Waals surface area contributed by atoms with Crippen LogP contribution in [0.25, 0.3) is 10.9 Å². The second-order valence-corrected chi connectivity index (χ2v) is 3.83. The normalized spacial score (nSPS) is 15.1. The van der Waals surface area contributed by atoms with Crippen LogP contribution in [0.4, 0.5) is 0 Å². The maximum Gasteiger partial charge on any atom is 0.144 e. The zero-order valence-corrected chi connectivity index (χ0v) is 9.11. The average molecular weight is 207 g/mol. The van der Waals surface area contributed by atoms with Gasteiger partial charge in [-0.2, -0.15) is 5.10 Å². The van der Waals surface area contributed by atoms with Crippen molar-refractivity contribution in [1.82, 2.24) is 9.78 Å². The summed E-state index contributed by atoms with van der Waals surface area (Å²) >= 11 is 0. The van der Waals surface area contributed by atoms with E-state index in [4.69, 9.17) is 8.85 Å². The number of ether oxygens (including phenoxy) is 1. The van der Waals surface area contributed by atoms with Crippen molar-refractivity contribution in [3.63, 3.8) is 0 Å².